The van der Waals surface area contributed by atoms with Crippen molar-refractivity contribution in [1.29, 1.82) is 0 Å². The van der Waals surface area contributed by atoms with E-state index in [0.717, 1.165) is 82.0 Å². The third-order valence-corrected chi connectivity index (χ3v) is 11.5. The minimum atomic E-state index is -0.375. The van der Waals surface area contributed by atoms with Crippen molar-refractivity contribution in [2.45, 2.75) is 57.5 Å². The van der Waals surface area contributed by atoms with Gasteiger partial charge in [0.2, 0.25) is 0 Å². The quantitative estimate of drug-likeness (QED) is 0.304. The van der Waals surface area contributed by atoms with E-state index in [4.69, 9.17) is 9.47 Å². The van der Waals surface area contributed by atoms with Crippen LogP contribution in [0.25, 0.3) is 10.9 Å². The first-order chi connectivity index (χ1) is 24.3. The Balaban J connectivity index is 1.13. The van der Waals surface area contributed by atoms with Gasteiger partial charge in [0.15, 0.2) is 17.0 Å². The van der Waals surface area contributed by atoms with Crippen LogP contribution in [0.5, 0.6) is 5.75 Å². The van der Waals surface area contributed by atoms with E-state index in [2.05, 4.69) is 65.3 Å². The van der Waals surface area contributed by atoms with Crippen LogP contribution in [0.1, 0.15) is 44.2 Å². The number of hydrogen-bond donors (Lipinski definition) is 3. The molecular weight excluding hydrogens is 635 g/mol. The van der Waals surface area contributed by atoms with Crippen LogP contribution in [0.2, 0.25) is 0 Å². The summed E-state index contributed by atoms with van der Waals surface area (Å²) in [5.41, 5.74) is 4.20. The van der Waals surface area contributed by atoms with Gasteiger partial charge in [-0.25, -0.2) is 9.37 Å². The zero-order valence-electron chi connectivity index (χ0n) is 29.4. The van der Waals surface area contributed by atoms with E-state index in [1.165, 1.54) is 6.07 Å². The lowest BCUT2D eigenvalue weighted by atomic mass is 9.72. The molecule has 266 valence electrons. The first-order valence-electron chi connectivity index (χ1n) is 18.1. The van der Waals surface area contributed by atoms with Crippen molar-refractivity contribution in [3.05, 3.63) is 76.1 Å². The van der Waals surface area contributed by atoms with Crippen LogP contribution in [-0.2, 0) is 11.3 Å². The van der Waals surface area contributed by atoms with Crippen LogP contribution >= 0.6 is 0 Å². The van der Waals surface area contributed by atoms with Gasteiger partial charge in [0.05, 0.1) is 28.8 Å². The van der Waals surface area contributed by atoms with Crippen molar-refractivity contribution >= 4 is 28.1 Å². The van der Waals surface area contributed by atoms with E-state index < -0.39 is 0 Å². The maximum absolute atomic E-state index is 16.2. The molecule has 7 heterocycles. The SMILES string of the molecule is CNc1ccc(N2CCCC(N(CC3=CC(OC)NC=C3)Cc3cn4c5c(c(N6CC7(CCNCC7)C6)c(F)cc5c3=O)OCC4C)C2)cn1. The van der Waals surface area contributed by atoms with Crippen molar-refractivity contribution in [2.75, 3.05) is 81.7 Å². The summed E-state index contributed by atoms with van der Waals surface area (Å²) < 4.78 is 30.3. The second-order valence-electron chi connectivity index (χ2n) is 14.8. The molecule has 0 radical (unpaired) electrons. The predicted octanol–water partition coefficient (Wildman–Crippen LogP) is 4.21. The van der Waals surface area contributed by atoms with Gasteiger partial charge in [-0.05, 0) is 87.8 Å². The third-order valence-electron chi connectivity index (χ3n) is 11.5. The number of nitrogens with one attached hydrogen (secondary N) is 3. The van der Waals surface area contributed by atoms with E-state index in [9.17, 15) is 4.79 Å². The van der Waals surface area contributed by atoms with E-state index in [1.54, 1.807) is 7.11 Å². The van der Waals surface area contributed by atoms with Crippen LogP contribution in [0, 0.1) is 11.2 Å². The maximum atomic E-state index is 16.2. The standard InChI is InChI=1S/C38H49FN8O3/c1-25-22-50-37-34-30(16-31(39)35(37)46-23-38(24-46)9-12-41-13-10-38)36(48)27(20-47(25)34)19-45(18-26-8-11-42-33(15-26)49-3)29-5-4-14-44(21-29)28-6-7-32(40-2)43-17-28/h6-8,11,15-17,20,25,29,33,41-42H,4-5,9-10,12-14,18-19,21-24H2,1-3H3,(H,40,43). The minimum Gasteiger partial charge on any atom is -0.487 e. The van der Waals surface area contributed by atoms with Gasteiger partial charge in [-0.3, -0.25) is 9.69 Å². The van der Waals surface area contributed by atoms with E-state index >= 15 is 4.39 Å². The summed E-state index contributed by atoms with van der Waals surface area (Å²) in [5.74, 6) is 0.975. The van der Waals surface area contributed by atoms with Crippen LogP contribution in [0.15, 0.2) is 59.3 Å². The number of pyridine rings is 2. The van der Waals surface area contributed by atoms with Gasteiger partial charge >= 0.3 is 0 Å². The van der Waals surface area contributed by atoms with Crippen LogP contribution in [0.3, 0.4) is 0 Å². The van der Waals surface area contributed by atoms with Gasteiger partial charge in [0.25, 0.3) is 0 Å². The molecule has 3 atom stereocenters. The van der Waals surface area contributed by atoms with Gasteiger partial charge in [-0.2, -0.15) is 0 Å². The van der Waals surface area contributed by atoms with Gasteiger partial charge < -0.3 is 39.8 Å². The number of nitrogens with zero attached hydrogens (tertiary/aromatic N) is 5. The number of dihydropyridines is 1. The molecule has 0 bridgehead atoms. The average molecular weight is 685 g/mol. The first kappa shape index (κ1) is 33.0. The minimum absolute atomic E-state index is 0.000890. The number of aromatic nitrogens is 2. The lowest BCUT2D eigenvalue weighted by molar-refractivity contribution is 0.121. The Kier molecular flexibility index (Phi) is 8.94. The highest BCUT2D eigenvalue weighted by Gasteiger charge is 2.46. The smallest absolute Gasteiger partial charge is 0.194 e. The van der Waals surface area contributed by atoms with Crippen LogP contribution in [0.4, 0.5) is 21.6 Å². The summed E-state index contributed by atoms with van der Waals surface area (Å²) in [7, 11) is 3.56. The molecule has 5 aliphatic heterocycles. The van der Waals surface area contributed by atoms with Gasteiger partial charge in [0, 0.05) is 76.6 Å². The number of ether oxygens (including phenoxy) is 2. The lowest BCUT2D eigenvalue weighted by Crippen LogP contribution is -2.60. The molecular formula is C38H49FN8O3. The summed E-state index contributed by atoms with van der Waals surface area (Å²) in [6.07, 6.45) is 14.1. The number of benzene rings is 1. The molecule has 3 saturated heterocycles. The molecule has 12 heteroatoms. The molecule has 5 aliphatic rings. The van der Waals surface area contributed by atoms with Crippen molar-refractivity contribution < 1.29 is 13.9 Å². The fourth-order valence-corrected chi connectivity index (χ4v) is 8.64. The highest BCUT2D eigenvalue weighted by atomic mass is 19.1. The number of hydrogen-bond acceptors (Lipinski definition) is 10. The highest BCUT2D eigenvalue weighted by Crippen LogP contribution is 2.48. The molecule has 3 unspecified atom stereocenters. The summed E-state index contributed by atoms with van der Waals surface area (Å²) >= 11 is 0. The Bertz CT molecular complexity index is 1850. The predicted molar refractivity (Wildman–Crippen MR) is 196 cm³/mol. The second kappa shape index (κ2) is 13.5. The molecule has 8 rings (SSSR count). The third kappa shape index (κ3) is 6.11. The number of anilines is 3. The Hall–Kier alpha value is -4.13. The molecule has 3 aromatic rings. The topological polar surface area (TPSA) is 99.2 Å². The van der Waals surface area contributed by atoms with Gasteiger partial charge in [0.1, 0.15) is 24.3 Å². The van der Waals surface area contributed by atoms with Gasteiger partial charge in [-0.1, -0.05) is 0 Å². The van der Waals surface area contributed by atoms with E-state index in [1.807, 2.05) is 31.7 Å². The fraction of sp³-hybridized carbons (Fsp3) is 0.526. The second-order valence-corrected chi connectivity index (χ2v) is 14.8. The zero-order chi connectivity index (χ0) is 34.4. The van der Waals surface area contributed by atoms with Crippen molar-refractivity contribution in [2.24, 2.45) is 5.41 Å². The number of methoxy groups -OCH3 is 1. The lowest BCUT2D eigenvalue weighted by Gasteiger charge is -2.54. The summed E-state index contributed by atoms with van der Waals surface area (Å²) in [6, 6.07) is 5.77. The van der Waals surface area contributed by atoms with E-state index in [-0.39, 0.29) is 35.0 Å². The summed E-state index contributed by atoms with van der Waals surface area (Å²) in [5, 5.41) is 10.2. The van der Waals surface area contributed by atoms with Crippen molar-refractivity contribution in [3.8, 4) is 5.75 Å². The van der Waals surface area contributed by atoms with Crippen molar-refractivity contribution in [1.82, 2.24) is 25.1 Å². The Morgan fingerprint density at radius 3 is 2.80 bits per heavy atom. The Labute approximate surface area is 293 Å². The first-order valence-corrected chi connectivity index (χ1v) is 18.1. The molecule has 3 fully saturated rings. The maximum Gasteiger partial charge on any atom is 0.194 e. The zero-order valence-corrected chi connectivity index (χ0v) is 29.4. The largest absolute Gasteiger partial charge is 0.487 e. The molecule has 1 spiro atoms. The Morgan fingerprint density at radius 2 is 2.04 bits per heavy atom. The van der Waals surface area contributed by atoms with Crippen LogP contribution < -0.4 is 35.9 Å². The molecule has 50 heavy (non-hydrogen) atoms. The monoisotopic (exact) mass is 684 g/mol. The normalized spacial score (nSPS) is 24.2. The molecule has 0 aliphatic carbocycles. The number of halogens is 1. The van der Waals surface area contributed by atoms with Gasteiger partial charge in [-0.15, -0.1) is 0 Å². The fourth-order valence-electron chi connectivity index (χ4n) is 8.64. The molecule has 3 N–H and O–H groups in total. The van der Waals surface area contributed by atoms with Crippen molar-refractivity contribution in [3.63, 3.8) is 0 Å². The summed E-state index contributed by atoms with van der Waals surface area (Å²) in [4.78, 5) is 25.9. The molecule has 2 aromatic heterocycles. The summed E-state index contributed by atoms with van der Waals surface area (Å²) in [6.45, 7) is 9.02. The Morgan fingerprint density at radius 1 is 1.20 bits per heavy atom. The molecule has 0 amide bonds. The number of rotatable bonds is 9. The van der Waals surface area contributed by atoms with E-state index in [0.29, 0.717) is 47.6 Å². The molecule has 11 nitrogen and oxygen atoms in total. The highest BCUT2D eigenvalue weighted by molar-refractivity contribution is 5.92. The number of piperidine rings is 2. The molecule has 0 saturated carbocycles. The average Bonchev–Trinajstić information content (AvgIpc) is 3.14. The van der Waals surface area contributed by atoms with Crippen LogP contribution in [-0.4, -0.2) is 93.3 Å². The molecule has 1 aromatic carbocycles.